The largest absolute Gasteiger partial charge is 0.380 e. The van der Waals surface area contributed by atoms with Gasteiger partial charge in [0, 0.05) is 38.0 Å². The summed E-state index contributed by atoms with van der Waals surface area (Å²) >= 11 is 1.77. The third-order valence-electron chi connectivity index (χ3n) is 3.25. The van der Waals surface area contributed by atoms with Gasteiger partial charge in [0.05, 0.1) is 17.3 Å². The molecule has 0 aromatic carbocycles. The van der Waals surface area contributed by atoms with Crippen LogP contribution in [-0.2, 0) is 11.2 Å². The molecule has 0 saturated carbocycles. The van der Waals surface area contributed by atoms with Gasteiger partial charge < -0.3 is 15.4 Å². The lowest BCUT2D eigenvalue weighted by molar-refractivity contribution is 0.128. The highest BCUT2D eigenvalue weighted by Gasteiger charge is 2.05. The maximum Gasteiger partial charge on any atom is 0.191 e. The van der Waals surface area contributed by atoms with Crippen molar-refractivity contribution in [2.24, 2.45) is 10.9 Å². The van der Waals surface area contributed by atoms with Crippen LogP contribution in [0, 0.1) is 19.8 Å². The maximum atomic E-state index is 5.58. The van der Waals surface area contributed by atoms with Gasteiger partial charge >= 0.3 is 0 Å². The smallest absolute Gasteiger partial charge is 0.191 e. The minimum Gasteiger partial charge on any atom is -0.380 e. The first kappa shape index (κ1) is 22.6. The predicted octanol–water partition coefficient (Wildman–Crippen LogP) is 3.15. The molecule has 1 aromatic rings. The van der Waals surface area contributed by atoms with Crippen molar-refractivity contribution in [1.82, 2.24) is 15.6 Å². The molecule has 0 radical (unpaired) electrons. The van der Waals surface area contributed by atoms with Crippen LogP contribution < -0.4 is 10.6 Å². The molecular formula is C16H31IN4OS. The van der Waals surface area contributed by atoms with E-state index in [-0.39, 0.29) is 24.0 Å². The van der Waals surface area contributed by atoms with Crippen LogP contribution in [0.4, 0.5) is 0 Å². The van der Waals surface area contributed by atoms with Gasteiger partial charge in [-0.05, 0) is 26.2 Å². The molecule has 0 amide bonds. The Kier molecular flexibility index (Phi) is 12.7. The molecule has 0 atom stereocenters. The van der Waals surface area contributed by atoms with Crippen LogP contribution in [0.1, 0.15) is 35.8 Å². The topological polar surface area (TPSA) is 58.5 Å². The second kappa shape index (κ2) is 12.9. The number of nitrogens with zero attached hydrogens (tertiary/aromatic N) is 2. The normalized spacial score (nSPS) is 11.5. The first-order chi connectivity index (χ1) is 10.5. The van der Waals surface area contributed by atoms with Crippen molar-refractivity contribution in [3.63, 3.8) is 0 Å². The Hall–Kier alpha value is -0.410. The lowest BCUT2D eigenvalue weighted by Crippen LogP contribution is -2.39. The van der Waals surface area contributed by atoms with Gasteiger partial charge in [-0.2, -0.15) is 0 Å². The zero-order valence-electron chi connectivity index (χ0n) is 14.9. The quantitative estimate of drug-likeness (QED) is 0.261. The van der Waals surface area contributed by atoms with E-state index in [1.807, 2.05) is 6.92 Å². The maximum absolute atomic E-state index is 5.58. The highest BCUT2D eigenvalue weighted by Crippen LogP contribution is 2.16. The van der Waals surface area contributed by atoms with Gasteiger partial charge in [0.1, 0.15) is 0 Å². The Morgan fingerprint density at radius 2 is 1.91 bits per heavy atom. The Bertz CT molecular complexity index is 463. The molecule has 1 heterocycles. The zero-order valence-corrected chi connectivity index (χ0v) is 18.1. The van der Waals surface area contributed by atoms with Crippen molar-refractivity contribution in [1.29, 1.82) is 0 Å². The molecule has 5 nitrogen and oxygen atoms in total. The molecule has 2 N–H and O–H groups in total. The molecule has 0 unspecified atom stereocenters. The van der Waals surface area contributed by atoms with Crippen LogP contribution in [0.5, 0.6) is 0 Å². The number of rotatable bonds is 9. The summed E-state index contributed by atoms with van der Waals surface area (Å²) in [6, 6.07) is 0. The van der Waals surface area contributed by atoms with Gasteiger partial charge in [0.25, 0.3) is 0 Å². The number of ether oxygens (including phenoxy) is 1. The number of nitrogens with one attached hydrogen (secondary N) is 2. The molecule has 23 heavy (non-hydrogen) atoms. The third kappa shape index (κ3) is 10.1. The number of hydrogen-bond acceptors (Lipinski definition) is 4. The molecule has 0 bridgehead atoms. The fourth-order valence-corrected chi connectivity index (χ4v) is 2.92. The molecular weight excluding hydrogens is 423 g/mol. The molecule has 0 fully saturated rings. The Morgan fingerprint density at radius 3 is 2.48 bits per heavy atom. The lowest BCUT2D eigenvalue weighted by Gasteiger charge is -2.12. The number of thiazole rings is 1. The van der Waals surface area contributed by atoms with Crippen molar-refractivity contribution < 1.29 is 4.74 Å². The predicted molar refractivity (Wildman–Crippen MR) is 110 cm³/mol. The fourth-order valence-electron chi connectivity index (χ4n) is 1.98. The molecule has 1 aromatic heterocycles. The van der Waals surface area contributed by atoms with Crippen LogP contribution in [-0.4, -0.2) is 44.3 Å². The SMILES string of the molecule is CN=C(NCCOCCC(C)C)NCCc1sc(C)nc1C.I. The van der Waals surface area contributed by atoms with E-state index < -0.39 is 0 Å². The van der Waals surface area contributed by atoms with Gasteiger partial charge in [-0.1, -0.05) is 13.8 Å². The van der Waals surface area contributed by atoms with Crippen LogP contribution >= 0.6 is 35.3 Å². The van der Waals surface area contributed by atoms with E-state index in [1.165, 1.54) is 4.88 Å². The molecule has 7 heteroatoms. The zero-order chi connectivity index (χ0) is 16.4. The summed E-state index contributed by atoms with van der Waals surface area (Å²) in [5, 5.41) is 7.72. The van der Waals surface area contributed by atoms with Crippen LogP contribution in [0.15, 0.2) is 4.99 Å². The highest BCUT2D eigenvalue weighted by atomic mass is 127. The van der Waals surface area contributed by atoms with Crippen molar-refractivity contribution in [2.45, 2.75) is 40.5 Å². The summed E-state index contributed by atoms with van der Waals surface area (Å²) in [6.07, 6.45) is 2.09. The fraction of sp³-hybridized carbons (Fsp3) is 0.750. The number of aliphatic imine (C=N–C) groups is 1. The Labute approximate surface area is 161 Å². The van der Waals surface area contributed by atoms with E-state index in [0.29, 0.717) is 12.5 Å². The number of hydrogen-bond donors (Lipinski definition) is 2. The first-order valence-electron chi connectivity index (χ1n) is 7.98. The van der Waals surface area contributed by atoms with Gasteiger partial charge in [-0.25, -0.2) is 4.98 Å². The Morgan fingerprint density at radius 1 is 1.22 bits per heavy atom. The number of aryl methyl sites for hydroxylation is 2. The summed E-state index contributed by atoms with van der Waals surface area (Å²) in [4.78, 5) is 10.0. The van der Waals surface area contributed by atoms with E-state index >= 15 is 0 Å². The van der Waals surface area contributed by atoms with E-state index in [0.717, 1.165) is 49.2 Å². The summed E-state index contributed by atoms with van der Waals surface area (Å²) in [6.45, 7) is 11.7. The van der Waals surface area contributed by atoms with E-state index in [2.05, 4.69) is 41.4 Å². The van der Waals surface area contributed by atoms with Crippen molar-refractivity contribution in [3.05, 3.63) is 15.6 Å². The number of aromatic nitrogens is 1. The molecule has 0 aliphatic rings. The van der Waals surface area contributed by atoms with Crippen LogP contribution in [0.2, 0.25) is 0 Å². The van der Waals surface area contributed by atoms with Crippen LogP contribution in [0.25, 0.3) is 0 Å². The minimum atomic E-state index is 0. The van der Waals surface area contributed by atoms with Crippen molar-refractivity contribution in [2.75, 3.05) is 33.4 Å². The van der Waals surface area contributed by atoms with Gasteiger partial charge in [0.15, 0.2) is 5.96 Å². The van der Waals surface area contributed by atoms with Gasteiger partial charge in [0.2, 0.25) is 0 Å². The van der Waals surface area contributed by atoms with Crippen molar-refractivity contribution in [3.8, 4) is 0 Å². The third-order valence-corrected chi connectivity index (χ3v) is 4.38. The lowest BCUT2D eigenvalue weighted by atomic mass is 10.1. The molecule has 0 aliphatic carbocycles. The summed E-state index contributed by atoms with van der Waals surface area (Å²) in [5.74, 6) is 1.52. The van der Waals surface area contributed by atoms with Gasteiger partial charge in [-0.15, -0.1) is 35.3 Å². The number of halogens is 1. The second-order valence-electron chi connectivity index (χ2n) is 5.71. The molecule has 134 valence electrons. The summed E-state index contributed by atoms with van der Waals surface area (Å²) in [5.41, 5.74) is 1.14. The van der Waals surface area contributed by atoms with Crippen molar-refractivity contribution >= 4 is 41.3 Å². The standard InChI is InChI=1S/C16H30N4OS.HI/c1-12(2)7-10-21-11-9-19-16(17-5)18-8-6-15-13(3)20-14(4)22-15;/h12H,6-11H2,1-5H3,(H2,17,18,19);1H. The second-order valence-corrected chi connectivity index (χ2v) is 7.00. The average molecular weight is 454 g/mol. The average Bonchev–Trinajstić information content (AvgIpc) is 2.78. The minimum absolute atomic E-state index is 0. The molecule has 0 aliphatic heterocycles. The summed E-state index contributed by atoms with van der Waals surface area (Å²) < 4.78 is 5.58. The van der Waals surface area contributed by atoms with Crippen LogP contribution in [0.3, 0.4) is 0 Å². The first-order valence-corrected chi connectivity index (χ1v) is 8.79. The van der Waals surface area contributed by atoms with E-state index in [4.69, 9.17) is 4.74 Å². The Balaban J connectivity index is 0.00000484. The molecule has 0 spiro atoms. The molecule has 0 saturated heterocycles. The number of guanidine groups is 1. The monoisotopic (exact) mass is 454 g/mol. The van der Waals surface area contributed by atoms with E-state index in [1.54, 1.807) is 18.4 Å². The van der Waals surface area contributed by atoms with E-state index in [9.17, 15) is 0 Å². The summed E-state index contributed by atoms with van der Waals surface area (Å²) in [7, 11) is 1.79. The van der Waals surface area contributed by atoms with Gasteiger partial charge in [-0.3, -0.25) is 4.99 Å². The molecule has 1 rings (SSSR count). The highest BCUT2D eigenvalue weighted by molar-refractivity contribution is 14.0.